The molecule has 4 aromatic rings. The smallest absolute Gasteiger partial charge is 0.273 e. The zero-order chi connectivity index (χ0) is 25.6. The number of H-pyrrole nitrogens is 1. The number of aromatic hydroxyl groups is 1. The van der Waals surface area contributed by atoms with Crippen LogP contribution >= 0.6 is 11.6 Å². The van der Waals surface area contributed by atoms with Crippen molar-refractivity contribution in [3.05, 3.63) is 93.1 Å². The Morgan fingerprint density at radius 3 is 2.53 bits per heavy atom. The lowest BCUT2D eigenvalue weighted by molar-refractivity contribution is 0.0730. The van der Waals surface area contributed by atoms with E-state index in [1.807, 2.05) is 68.4 Å². The van der Waals surface area contributed by atoms with E-state index in [0.29, 0.717) is 39.0 Å². The summed E-state index contributed by atoms with van der Waals surface area (Å²) < 4.78 is 11.0. The van der Waals surface area contributed by atoms with E-state index in [1.54, 1.807) is 19.1 Å². The van der Waals surface area contributed by atoms with Gasteiger partial charge in [-0.2, -0.15) is 5.10 Å². The van der Waals surface area contributed by atoms with Crippen molar-refractivity contribution >= 4 is 17.5 Å². The number of amides is 1. The van der Waals surface area contributed by atoms with E-state index in [1.165, 1.54) is 0 Å². The summed E-state index contributed by atoms with van der Waals surface area (Å²) in [5, 5.41) is 18.9. The topological polar surface area (TPSA) is 87.7 Å². The van der Waals surface area contributed by atoms with Gasteiger partial charge in [0.2, 0.25) is 0 Å². The second-order valence-electron chi connectivity index (χ2n) is 8.88. The average molecular weight is 504 g/mol. The van der Waals surface area contributed by atoms with Crippen molar-refractivity contribution in [1.82, 2.24) is 15.1 Å². The van der Waals surface area contributed by atoms with Gasteiger partial charge in [-0.15, -0.1) is 0 Å². The molecule has 0 spiro atoms. The normalized spacial score (nSPS) is 14.8. The predicted octanol–water partition coefficient (Wildman–Crippen LogP) is 5.82. The summed E-state index contributed by atoms with van der Waals surface area (Å²) in [6, 6.07) is 16.3. The van der Waals surface area contributed by atoms with E-state index < -0.39 is 6.04 Å². The number of phenolic OH excluding ortho intramolecular Hbond substituents is 1. The van der Waals surface area contributed by atoms with Crippen LogP contribution in [0.1, 0.15) is 44.3 Å². The highest BCUT2D eigenvalue weighted by Gasteiger charge is 2.43. The number of aryl methyl sites for hydroxylation is 2. The van der Waals surface area contributed by atoms with Gasteiger partial charge in [-0.05, 0) is 60.4 Å². The summed E-state index contributed by atoms with van der Waals surface area (Å²) in [7, 11) is 3.15. The molecular formula is C28H26ClN3O4. The van der Waals surface area contributed by atoms with Gasteiger partial charge >= 0.3 is 0 Å². The minimum atomic E-state index is -0.502. The number of phenols is 1. The number of hydrogen-bond acceptors (Lipinski definition) is 5. The molecule has 0 fully saturated rings. The number of nitrogens with zero attached hydrogens (tertiary/aromatic N) is 2. The molecule has 1 aromatic heterocycles. The van der Waals surface area contributed by atoms with E-state index in [2.05, 4.69) is 10.2 Å². The highest BCUT2D eigenvalue weighted by molar-refractivity contribution is 6.31. The number of rotatable bonds is 6. The molecular weight excluding hydrogens is 478 g/mol. The number of nitrogens with one attached hydrogen (secondary N) is 1. The van der Waals surface area contributed by atoms with Gasteiger partial charge in [0, 0.05) is 22.7 Å². The lowest BCUT2D eigenvalue weighted by Gasteiger charge is -2.27. The molecule has 8 heteroatoms. The number of methoxy groups -OCH3 is 2. The lowest BCUT2D eigenvalue weighted by atomic mass is 9.93. The Hall–Kier alpha value is -3.97. The van der Waals surface area contributed by atoms with E-state index in [0.717, 1.165) is 22.3 Å². The number of fused-ring (bicyclic) bond motifs is 1. The Bertz CT molecular complexity index is 1480. The summed E-state index contributed by atoms with van der Waals surface area (Å²) in [4.78, 5) is 15.5. The van der Waals surface area contributed by atoms with Crippen LogP contribution in [-0.4, -0.2) is 40.3 Å². The third-order valence-corrected chi connectivity index (χ3v) is 6.95. The number of benzene rings is 3. The van der Waals surface area contributed by atoms with Crippen LogP contribution in [0, 0.1) is 13.8 Å². The van der Waals surface area contributed by atoms with Crippen molar-refractivity contribution in [1.29, 1.82) is 0 Å². The molecule has 0 saturated heterocycles. The molecule has 7 nitrogen and oxygen atoms in total. The number of hydrogen-bond donors (Lipinski definition) is 2. The summed E-state index contributed by atoms with van der Waals surface area (Å²) >= 11 is 6.47. The van der Waals surface area contributed by atoms with E-state index in [-0.39, 0.29) is 18.2 Å². The number of carbonyl (C=O) groups excluding carboxylic acids is 1. The van der Waals surface area contributed by atoms with Gasteiger partial charge in [0.1, 0.15) is 17.1 Å². The molecule has 1 amide bonds. The number of ether oxygens (including phenoxy) is 2. The Labute approximate surface area is 214 Å². The third-order valence-electron chi connectivity index (χ3n) is 6.59. The number of aromatic nitrogens is 2. The van der Waals surface area contributed by atoms with Crippen LogP contribution in [0.25, 0.3) is 11.3 Å². The maximum Gasteiger partial charge on any atom is 0.273 e. The maximum absolute atomic E-state index is 13.7. The lowest BCUT2D eigenvalue weighted by Crippen LogP contribution is -2.29. The number of aromatic amines is 1. The quantitative estimate of drug-likeness (QED) is 0.346. The molecule has 2 N–H and O–H groups in total. The monoisotopic (exact) mass is 503 g/mol. The summed E-state index contributed by atoms with van der Waals surface area (Å²) in [5.74, 6) is 1.07. The van der Waals surface area contributed by atoms with Crippen molar-refractivity contribution in [2.45, 2.75) is 26.4 Å². The van der Waals surface area contributed by atoms with Crippen LogP contribution in [0.2, 0.25) is 5.02 Å². The maximum atomic E-state index is 13.7. The first-order valence-corrected chi connectivity index (χ1v) is 11.9. The molecule has 1 aliphatic rings. The molecule has 1 unspecified atom stereocenters. The van der Waals surface area contributed by atoms with E-state index in [9.17, 15) is 9.90 Å². The van der Waals surface area contributed by atoms with Crippen LogP contribution in [-0.2, 0) is 6.54 Å². The first-order valence-electron chi connectivity index (χ1n) is 11.5. The predicted molar refractivity (Wildman–Crippen MR) is 138 cm³/mol. The molecule has 0 saturated carbocycles. The van der Waals surface area contributed by atoms with Crippen LogP contribution in [0.4, 0.5) is 0 Å². The van der Waals surface area contributed by atoms with Gasteiger partial charge in [-0.3, -0.25) is 9.89 Å². The minimum absolute atomic E-state index is 0.137. The first kappa shape index (κ1) is 23.8. The Kier molecular flexibility index (Phi) is 6.10. The van der Waals surface area contributed by atoms with Gasteiger partial charge in [-0.25, -0.2) is 0 Å². The van der Waals surface area contributed by atoms with Gasteiger partial charge in [-0.1, -0.05) is 41.9 Å². The standard InChI is InChI=1S/C28H26ClN3O4/c1-15-11-16(2)27(33)19(12-15)24-23-25(31-30-24)28(34)32(14-18-7-5-6-8-20(18)29)26(23)17-9-10-21(35-3)22(13-17)36-4/h5-13,26,33H,14H2,1-4H3,(H,30,31). The molecule has 0 radical (unpaired) electrons. The third kappa shape index (κ3) is 3.85. The van der Waals surface area contributed by atoms with Crippen LogP contribution in [0.3, 0.4) is 0 Å². The highest BCUT2D eigenvalue weighted by Crippen LogP contribution is 2.47. The molecule has 36 heavy (non-hydrogen) atoms. The second kappa shape index (κ2) is 9.24. The fraction of sp³-hybridized carbons (Fsp3) is 0.214. The van der Waals surface area contributed by atoms with Crippen LogP contribution < -0.4 is 9.47 Å². The van der Waals surface area contributed by atoms with Crippen LogP contribution in [0.5, 0.6) is 17.2 Å². The van der Waals surface area contributed by atoms with E-state index >= 15 is 0 Å². The molecule has 0 bridgehead atoms. The largest absolute Gasteiger partial charge is 0.507 e. The SMILES string of the molecule is COc1ccc(C2c3c(-c4cc(C)cc(C)c4O)n[nH]c3C(=O)N2Cc2ccccc2Cl)cc1OC. The molecule has 0 aliphatic carbocycles. The van der Waals surface area contributed by atoms with Gasteiger partial charge < -0.3 is 19.5 Å². The summed E-state index contributed by atoms with van der Waals surface area (Å²) in [6.45, 7) is 4.10. The van der Waals surface area contributed by atoms with Gasteiger partial charge in [0.25, 0.3) is 5.91 Å². The van der Waals surface area contributed by atoms with Gasteiger partial charge in [0.05, 0.1) is 20.3 Å². The van der Waals surface area contributed by atoms with Crippen molar-refractivity contribution in [2.75, 3.05) is 14.2 Å². The molecule has 3 aromatic carbocycles. The van der Waals surface area contributed by atoms with Gasteiger partial charge in [0.15, 0.2) is 11.5 Å². The van der Waals surface area contributed by atoms with Crippen molar-refractivity contribution in [3.63, 3.8) is 0 Å². The summed E-state index contributed by atoms with van der Waals surface area (Å²) in [5.41, 5.74) is 5.55. The number of halogens is 1. The van der Waals surface area contributed by atoms with Crippen molar-refractivity contribution < 1.29 is 19.4 Å². The molecule has 184 valence electrons. The molecule has 5 rings (SSSR count). The van der Waals surface area contributed by atoms with Crippen molar-refractivity contribution in [3.8, 4) is 28.5 Å². The Balaban J connectivity index is 1.72. The second-order valence-corrected chi connectivity index (χ2v) is 9.29. The van der Waals surface area contributed by atoms with Crippen LogP contribution in [0.15, 0.2) is 54.6 Å². The average Bonchev–Trinajstić information content (AvgIpc) is 3.41. The molecule has 2 heterocycles. The zero-order valence-electron chi connectivity index (χ0n) is 20.4. The minimum Gasteiger partial charge on any atom is -0.507 e. The van der Waals surface area contributed by atoms with Crippen molar-refractivity contribution in [2.24, 2.45) is 0 Å². The first-order chi connectivity index (χ1) is 17.3. The highest BCUT2D eigenvalue weighted by atomic mass is 35.5. The fourth-order valence-electron chi connectivity index (χ4n) is 4.89. The molecule has 1 atom stereocenters. The Morgan fingerprint density at radius 2 is 1.81 bits per heavy atom. The summed E-state index contributed by atoms with van der Waals surface area (Å²) in [6.07, 6.45) is 0. The zero-order valence-corrected chi connectivity index (χ0v) is 21.2. The Morgan fingerprint density at radius 1 is 1.06 bits per heavy atom. The van der Waals surface area contributed by atoms with E-state index in [4.69, 9.17) is 21.1 Å². The fourth-order valence-corrected chi connectivity index (χ4v) is 5.08. The number of carbonyl (C=O) groups is 1. The molecule has 1 aliphatic heterocycles.